The predicted molar refractivity (Wildman–Crippen MR) is 103 cm³/mol. The van der Waals surface area contributed by atoms with Crippen LogP contribution in [-0.4, -0.2) is 11.3 Å². The van der Waals surface area contributed by atoms with Crippen molar-refractivity contribution in [3.63, 3.8) is 0 Å². The molecule has 1 aromatic heterocycles. The van der Waals surface area contributed by atoms with Gasteiger partial charge in [0.1, 0.15) is 11.6 Å². The molecular weight excluding hydrogens is 428 g/mol. The van der Waals surface area contributed by atoms with Crippen LogP contribution in [0.5, 0.6) is 11.5 Å². The summed E-state index contributed by atoms with van der Waals surface area (Å²) in [6.07, 6.45) is -2.36. The topological polar surface area (TPSA) is 57.4 Å². The molecule has 29 heavy (non-hydrogen) atoms. The molecule has 0 radical (unpaired) electrons. The number of hydrogen-bond acceptors (Lipinski definition) is 4. The number of hydrogen-bond donors (Lipinski definition) is 1. The summed E-state index contributed by atoms with van der Waals surface area (Å²) in [4.78, 5) is 4.05. The Morgan fingerprint density at radius 1 is 1.00 bits per heavy atom. The van der Waals surface area contributed by atoms with Gasteiger partial charge in [-0.15, -0.1) is 8.78 Å². The Balaban J connectivity index is 1.76. The van der Waals surface area contributed by atoms with E-state index < -0.39 is 12.1 Å². The Hall–Kier alpha value is -3.08. The van der Waals surface area contributed by atoms with E-state index in [1.807, 2.05) is 0 Å². The molecule has 0 amide bonds. The summed E-state index contributed by atoms with van der Waals surface area (Å²) in [5.74, 6) is 4.52. The van der Waals surface area contributed by atoms with Gasteiger partial charge in [0.05, 0.1) is 21.2 Å². The van der Waals surface area contributed by atoms with Gasteiger partial charge in [0.25, 0.3) is 0 Å². The number of aromatic nitrogens is 1. The van der Waals surface area contributed by atoms with Crippen molar-refractivity contribution in [1.82, 2.24) is 4.98 Å². The number of benzene rings is 2. The van der Waals surface area contributed by atoms with E-state index >= 15 is 0 Å². The zero-order chi connectivity index (χ0) is 20.8. The van der Waals surface area contributed by atoms with Crippen molar-refractivity contribution in [2.24, 2.45) is 0 Å². The largest absolute Gasteiger partial charge is 0.586 e. The molecule has 1 aliphatic rings. The number of pyridine rings is 1. The second-order valence-corrected chi connectivity index (χ2v) is 6.76. The molecular formula is C20H9Cl2F3N2O2. The molecule has 1 aliphatic heterocycles. The van der Waals surface area contributed by atoms with Crippen molar-refractivity contribution < 1.29 is 22.6 Å². The molecule has 0 aliphatic carbocycles. The van der Waals surface area contributed by atoms with Gasteiger partial charge in [-0.2, -0.15) is 0 Å². The Morgan fingerprint density at radius 3 is 2.45 bits per heavy atom. The third-order valence-electron chi connectivity index (χ3n) is 4.01. The molecule has 0 fully saturated rings. The van der Waals surface area contributed by atoms with Crippen LogP contribution in [0.25, 0.3) is 11.1 Å². The molecule has 0 saturated carbocycles. The Kier molecular flexibility index (Phi) is 4.69. The van der Waals surface area contributed by atoms with Crippen molar-refractivity contribution in [3.05, 3.63) is 69.6 Å². The lowest BCUT2D eigenvalue weighted by Crippen LogP contribution is -2.25. The number of nitrogens with two attached hydrogens (primary N) is 1. The Labute approximate surface area is 173 Å². The Bertz CT molecular complexity index is 1190. The van der Waals surface area contributed by atoms with E-state index in [-0.39, 0.29) is 38.5 Å². The second kappa shape index (κ2) is 7.07. The zero-order valence-electron chi connectivity index (χ0n) is 14.3. The molecule has 4 nitrogen and oxygen atoms in total. The van der Waals surface area contributed by atoms with Crippen LogP contribution in [0.1, 0.15) is 11.1 Å². The van der Waals surface area contributed by atoms with Gasteiger partial charge in [-0.3, -0.25) is 0 Å². The van der Waals surface area contributed by atoms with E-state index in [0.717, 1.165) is 0 Å². The van der Waals surface area contributed by atoms with Crippen LogP contribution in [-0.2, 0) is 0 Å². The van der Waals surface area contributed by atoms with E-state index in [1.165, 1.54) is 36.5 Å². The second-order valence-electron chi connectivity index (χ2n) is 5.95. The van der Waals surface area contributed by atoms with Crippen molar-refractivity contribution in [2.45, 2.75) is 6.29 Å². The van der Waals surface area contributed by atoms with Gasteiger partial charge in [0, 0.05) is 23.4 Å². The first-order valence-electron chi connectivity index (χ1n) is 8.05. The lowest BCUT2D eigenvalue weighted by molar-refractivity contribution is -0.286. The maximum Gasteiger partial charge on any atom is 0.586 e. The molecule has 2 heterocycles. The summed E-state index contributed by atoms with van der Waals surface area (Å²) in [5, 5.41) is 0.285. The summed E-state index contributed by atoms with van der Waals surface area (Å²) >= 11 is 12.2. The minimum Gasteiger partial charge on any atom is -0.395 e. The molecule has 2 N–H and O–H groups in total. The average molecular weight is 437 g/mol. The van der Waals surface area contributed by atoms with Gasteiger partial charge in [-0.05, 0) is 24.3 Å². The van der Waals surface area contributed by atoms with Gasteiger partial charge in [-0.25, -0.2) is 9.37 Å². The number of anilines is 1. The van der Waals surface area contributed by atoms with E-state index in [1.54, 1.807) is 6.07 Å². The summed E-state index contributed by atoms with van der Waals surface area (Å²) in [6.45, 7) is 0. The molecule has 0 atom stereocenters. The summed E-state index contributed by atoms with van der Waals surface area (Å²) in [6, 6.07) is 8.27. The molecule has 0 bridgehead atoms. The lowest BCUT2D eigenvalue weighted by atomic mass is 10.0. The standard InChI is InChI=1S/C20H9Cl2F3N2O2/c21-14-2-1-3-16(23)12(14)5-4-10-6-11(9-27-19(10)26)13-7-17-18(8-15(13)22)29-20(24,25)28-17/h1-3,6-9H,(H2,26,27). The lowest BCUT2D eigenvalue weighted by Gasteiger charge is -2.07. The molecule has 0 unspecified atom stereocenters. The van der Waals surface area contributed by atoms with Gasteiger partial charge >= 0.3 is 6.29 Å². The first-order chi connectivity index (χ1) is 13.7. The summed E-state index contributed by atoms with van der Waals surface area (Å²) < 4.78 is 49.3. The first-order valence-corrected chi connectivity index (χ1v) is 8.80. The molecule has 4 rings (SSSR count). The number of fused-ring (bicyclic) bond motifs is 1. The highest BCUT2D eigenvalue weighted by Crippen LogP contribution is 2.46. The SMILES string of the molecule is Nc1ncc(-c2cc3c(cc2Cl)OC(F)(F)O3)cc1C#Cc1c(F)cccc1Cl. The summed E-state index contributed by atoms with van der Waals surface area (Å²) in [7, 11) is 0. The normalized spacial score (nSPS) is 13.7. The maximum atomic E-state index is 13.9. The van der Waals surface area contributed by atoms with Crippen molar-refractivity contribution >= 4 is 29.0 Å². The van der Waals surface area contributed by atoms with Crippen LogP contribution >= 0.6 is 23.2 Å². The van der Waals surface area contributed by atoms with Crippen molar-refractivity contribution in [3.8, 4) is 34.5 Å². The number of ether oxygens (including phenoxy) is 2. The minimum absolute atomic E-state index is 0.0160. The van der Waals surface area contributed by atoms with E-state index in [0.29, 0.717) is 11.1 Å². The van der Waals surface area contributed by atoms with Crippen LogP contribution in [0.4, 0.5) is 19.0 Å². The van der Waals surface area contributed by atoms with Gasteiger partial charge in [0.15, 0.2) is 11.5 Å². The van der Waals surface area contributed by atoms with Crippen LogP contribution in [0, 0.1) is 17.7 Å². The third kappa shape index (κ3) is 3.77. The number of nitrogens with zero attached hydrogens (tertiary/aromatic N) is 1. The van der Waals surface area contributed by atoms with Crippen LogP contribution < -0.4 is 15.2 Å². The number of rotatable bonds is 1. The highest BCUT2D eigenvalue weighted by molar-refractivity contribution is 6.33. The van der Waals surface area contributed by atoms with E-state index in [9.17, 15) is 13.2 Å². The zero-order valence-corrected chi connectivity index (χ0v) is 15.8. The molecule has 2 aromatic carbocycles. The Morgan fingerprint density at radius 2 is 1.72 bits per heavy atom. The highest BCUT2D eigenvalue weighted by Gasteiger charge is 2.43. The number of nitrogen functional groups attached to an aromatic ring is 1. The first kappa shape index (κ1) is 19.2. The molecule has 0 saturated heterocycles. The third-order valence-corrected chi connectivity index (χ3v) is 4.63. The fourth-order valence-corrected chi connectivity index (χ4v) is 3.14. The van der Waals surface area contributed by atoms with E-state index in [2.05, 4.69) is 26.3 Å². The average Bonchev–Trinajstić information content (AvgIpc) is 2.95. The van der Waals surface area contributed by atoms with Gasteiger partial charge in [0.2, 0.25) is 0 Å². The smallest absolute Gasteiger partial charge is 0.395 e. The fourth-order valence-electron chi connectivity index (χ4n) is 2.66. The van der Waals surface area contributed by atoms with E-state index in [4.69, 9.17) is 28.9 Å². The van der Waals surface area contributed by atoms with Crippen LogP contribution in [0.2, 0.25) is 10.0 Å². The van der Waals surface area contributed by atoms with Crippen molar-refractivity contribution in [1.29, 1.82) is 0 Å². The fraction of sp³-hybridized carbons (Fsp3) is 0.0500. The number of alkyl halides is 2. The maximum absolute atomic E-state index is 13.9. The van der Waals surface area contributed by atoms with Crippen LogP contribution in [0.3, 0.4) is 0 Å². The quantitative estimate of drug-likeness (QED) is 0.511. The van der Waals surface area contributed by atoms with Crippen molar-refractivity contribution in [2.75, 3.05) is 5.73 Å². The predicted octanol–water partition coefficient (Wildman–Crippen LogP) is 5.50. The van der Waals surface area contributed by atoms with Gasteiger partial charge in [-0.1, -0.05) is 41.1 Å². The molecule has 9 heteroatoms. The summed E-state index contributed by atoms with van der Waals surface area (Å²) in [5.41, 5.74) is 6.94. The van der Waals surface area contributed by atoms with Gasteiger partial charge < -0.3 is 15.2 Å². The number of halogens is 5. The van der Waals surface area contributed by atoms with Crippen LogP contribution in [0.15, 0.2) is 42.6 Å². The molecule has 146 valence electrons. The highest BCUT2D eigenvalue weighted by atomic mass is 35.5. The molecule has 3 aromatic rings. The minimum atomic E-state index is -3.76. The monoisotopic (exact) mass is 436 g/mol. The molecule has 0 spiro atoms.